The fourth-order valence-electron chi connectivity index (χ4n) is 2.03. The van der Waals surface area contributed by atoms with Gasteiger partial charge >= 0.3 is 0 Å². The third kappa shape index (κ3) is 2.85. The lowest BCUT2D eigenvalue weighted by Gasteiger charge is -2.56. The fourth-order valence-corrected chi connectivity index (χ4v) is 3.95. The van der Waals surface area contributed by atoms with Crippen LogP contribution in [0.15, 0.2) is 11.5 Å². The van der Waals surface area contributed by atoms with Crippen LogP contribution in [0.4, 0.5) is 0 Å². The van der Waals surface area contributed by atoms with Gasteiger partial charge < -0.3 is 8.85 Å². The summed E-state index contributed by atoms with van der Waals surface area (Å²) in [6.07, 6.45) is 0. The highest BCUT2D eigenvalue weighted by atomic mass is 28.4. The van der Waals surface area contributed by atoms with Crippen molar-refractivity contribution in [1.82, 2.24) is 0 Å². The zero-order chi connectivity index (χ0) is 14.6. The van der Waals surface area contributed by atoms with E-state index in [1.807, 2.05) is 0 Å². The van der Waals surface area contributed by atoms with Crippen molar-refractivity contribution in [2.75, 3.05) is 0 Å². The first-order valence-corrected chi connectivity index (χ1v) is 13.6. The Bertz CT molecular complexity index is 332. The molecule has 1 aliphatic rings. The van der Waals surface area contributed by atoms with Crippen LogP contribution >= 0.6 is 0 Å². The molecule has 0 aromatic rings. The first-order valence-electron chi connectivity index (χ1n) is 6.82. The molecule has 0 heterocycles. The quantitative estimate of drug-likeness (QED) is 0.680. The van der Waals surface area contributed by atoms with E-state index in [9.17, 15) is 0 Å². The molecule has 0 spiro atoms. The molecule has 0 fully saturated rings. The van der Waals surface area contributed by atoms with Crippen molar-refractivity contribution in [2.45, 2.75) is 67.0 Å². The topological polar surface area (TPSA) is 18.5 Å². The minimum atomic E-state index is -1.58. The summed E-state index contributed by atoms with van der Waals surface area (Å²) >= 11 is 0. The SMILES string of the molecule is CC1(C)C(O[Si](C)(C)C)=C(O[Si](C)(C)C)C1(C)C. The Balaban J connectivity index is 3.15. The highest BCUT2D eigenvalue weighted by molar-refractivity contribution is 6.70. The Morgan fingerprint density at radius 3 is 1.00 bits per heavy atom. The van der Waals surface area contributed by atoms with E-state index in [4.69, 9.17) is 8.85 Å². The van der Waals surface area contributed by atoms with Gasteiger partial charge in [-0.25, -0.2) is 0 Å². The monoisotopic (exact) mass is 286 g/mol. The molecule has 1 aliphatic carbocycles. The highest BCUT2D eigenvalue weighted by Gasteiger charge is 2.58. The molecule has 0 saturated heterocycles. The van der Waals surface area contributed by atoms with Crippen molar-refractivity contribution >= 4 is 16.6 Å². The zero-order valence-electron chi connectivity index (χ0n) is 13.8. The van der Waals surface area contributed by atoms with Gasteiger partial charge in [-0.05, 0) is 39.3 Å². The van der Waals surface area contributed by atoms with Crippen LogP contribution in [0.25, 0.3) is 0 Å². The molecule has 1 rings (SSSR count). The summed E-state index contributed by atoms with van der Waals surface area (Å²) in [5, 5.41) is 0. The average molecular weight is 287 g/mol. The fraction of sp³-hybridized carbons (Fsp3) is 0.857. The highest BCUT2D eigenvalue weighted by Crippen LogP contribution is 2.61. The number of hydrogen-bond acceptors (Lipinski definition) is 2. The molecule has 0 aromatic carbocycles. The van der Waals surface area contributed by atoms with Gasteiger partial charge in [0.25, 0.3) is 0 Å². The van der Waals surface area contributed by atoms with Gasteiger partial charge in [-0.3, -0.25) is 0 Å². The first-order chi connectivity index (χ1) is 7.68. The molecule has 106 valence electrons. The summed E-state index contributed by atoms with van der Waals surface area (Å²) in [6.45, 7) is 22.4. The molecule has 2 nitrogen and oxygen atoms in total. The van der Waals surface area contributed by atoms with Crippen LogP contribution in [-0.4, -0.2) is 16.6 Å². The van der Waals surface area contributed by atoms with E-state index in [1.165, 1.54) is 0 Å². The maximum absolute atomic E-state index is 6.30. The Morgan fingerprint density at radius 1 is 0.611 bits per heavy atom. The van der Waals surface area contributed by atoms with E-state index in [0.29, 0.717) is 0 Å². The molecule has 0 amide bonds. The summed E-state index contributed by atoms with van der Waals surface area (Å²) in [7, 11) is -3.16. The largest absolute Gasteiger partial charge is 0.545 e. The number of allylic oxidation sites excluding steroid dienone is 2. The molecular formula is C14H30O2Si2. The van der Waals surface area contributed by atoms with Gasteiger partial charge in [-0.1, -0.05) is 27.7 Å². The predicted octanol–water partition coefficient (Wildman–Crippen LogP) is 4.97. The van der Waals surface area contributed by atoms with Gasteiger partial charge in [0.15, 0.2) is 0 Å². The molecule has 0 aromatic heterocycles. The Morgan fingerprint density at radius 2 is 0.833 bits per heavy atom. The molecule has 0 radical (unpaired) electrons. The van der Waals surface area contributed by atoms with Gasteiger partial charge in [-0.15, -0.1) is 0 Å². The minimum absolute atomic E-state index is 0.0717. The van der Waals surface area contributed by atoms with E-state index in [2.05, 4.69) is 67.0 Å². The molecule has 0 bridgehead atoms. The molecule has 0 unspecified atom stereocenters. The van der Waals surface area contributed by atoms with Crippen molar-refractivity contribution < 1.29 is 8.85 Å². The maximum Gasteiger partial charge on any atom is 0.241 e. The van der Waals surface area contributed by atoms with Crippen molar-refractivity contribution in [3.8, 4) is 0 Å². The van der Waals surface area contributed by atoms with Crippen LogP contribution in [0.3, 0.4) is 0 Å². The number of hydrogen-bond donors (Lipinski definition) is 0. The van der Waals surface area contributed by atoms with Crippen molar-refractivity contribution in [1.29, 1.82) is 0 Å². The second kappa shape index (κ2) is 4.13. The van der Waals surface area contributed by atoms with Crippen LogP contribution in [0.1, 0.15) is 27.7 Å². The van der Waals surface area contributed by atoms with E-state index in [1.54, 1.807) is 0 Å². The number of rotatable bonds is 4. The van der Waals surface area contributed by atoms with Gasteiger partial charge in [0.05, 0.1) is 0 Å². The Labute approximate surface area is 115 Å². The smallest absolute Gasteiger partial charge is 0.241 e. The minimum Gasteiger partial charge on any atom is -0.545 e. The van der Waals surface area contributed by atoms with E-state index in [-0.39, 0.29) is 10.8 Å². The summed E-state index contributed by atoms with van der Waals surface area (Å²) in [4.78, 5) is 0. The molecule has 18 heavy (non-hydrogen) atoms. The normalized spacial score (nSPS) is 22.6. The molecule has 0 N–H and O–H groups in total. The standard InChI is InChI=1S/C14H30O2Si2/c1-13(2)11(15-17(5,6)7)12(14(13,3)4)16-18(8,9)10/h1-10H3. The summed E-state index contributed by atoms with van der Waals surface area (Å²) in [6, 6.07) is 0. The zero-order valence-corrected chi connectivity index (χ0v) is 15.8. The van der Waals surface area contributed by atoms with E-state index >= 15 is 0 Å². The summed E-state index contributed by atoms with van der Waals surface area (Å²) in [5.74, 6) is 2.21. The van der Waals surface area contributed by atoms with Crippen LogP contribution in [0, 0.1) is 10.8 Å². The predicted molar refractivity (Wildman–Crippen MR) is 83.5 cm³/mol. The second-order valence-corrected chi connectivity index (χ2v) is 17.2. The lowest BCUT2D eigenvalue weighted by Crippen LogP contribution is -2.52. The van der Waals surface area contributed by atoms with Crippen LogP contribution < -0.4 is 0 Å². The van der Waals surface area contributed by atoms with E-state index < -0.39 is 16.6 Å². The van der Waals surface area contributed by atoms with Crippen molar-refractivity contribution in [3.63, 3.8) is 0 Å². The van der Waals surface area contributed by atoms with Crippen LogP contribution in [0.2, 0.25) is 39.3 Å². The third-order valence-electron chi connectivity index (χ3n) is 3.72. The Hall–Kier alpha value is -0.226. The summed E-state index contributed by atoms with van der Waals surface area (Å²) in [5.41, 5.74) is 0.143. The molecule has 0 aliphatic heterocycles. The van der Waals surface area contributed by atoms with Crippen LogP contribution in [-0.2, 0) is 8.85 Å². The van der Waals surface area contributed by atoms with Crippen molar-refractivity contribution in [2.24, 2.45) is 10.8 Å². The van der Waals surface area contributed by atoms with Gasteiger partial charge in [0, 0.05) is 10.8 Å². The molecular weight excluding hydrogens is 256 g/mol. The lowest BCUT2D eigenvalue weighted by atomic mass is 9.56. The average Bonchev–Trinajstić information content (AvgIpc) is 2.07. The molecule has 0 atom stereocenters. The summed E-state index contributed by atoms with van der Waals surface area (Å²) < 4.78 is 12.6. The lowest BCUT2D eigenvalue weighted by molar-refractivity contribution is 0.0149. The molecule has 4 heteroatoms. The van der Waals surface area contributed by atoms with Crippen molar-refractivity contribution in [3.05, 3.63) is 11.5 Å². The van der Waals surface area contributed by atoms with Crippen LogP contribution in [0.5, 0.6) is 0 Å². The first kappa shape index (κ1) is 15.8. The molecule has 0 saturated carbocycles. The van der Waals surface area contributed by atoms with Gasteiger partial charge in [-0.2, -0.15) is 0 Å². The second-order valence-electron chi connectivity index (χ2n) is 8.34. The third-order valence-corrected chi connectivity index (χ3v) is 5.35. The Kier molecular flexibility index (Phi) is 3.64. The van der Waals surface area contributed by atoms with E-state index in [0.717, 1.165) is 11.5 Å². The van der Waals surface area contributed by atoms with Gasteiger partial charge in [0.1, 0.15) is 11.5 Å². The maximum atomic E-state index is 6.30. The van der Waals surface area contributed by atoms with Gasteiger partial charge in [0.2, 0.25) is 16.6 Å².